The number of aryl methyl sites for hydroxylation is 1. The molecule has 4 rings (SSSR count). The van der Waals surface area contributed by atoms with Crippen molar-refractivity contribution in [2.45, 2.75) is 25.2 Å². The summed E-state index contributed by atoms with van der Waals surface area (Å²) in [6, 6.07) is 29.4. The van der Waals surface area contributed by atoms with E-state index in [0.717, 1.165) is 15.4 Å². The minimum atomic E-state index is -4.11. The van der Waals surface area contributed by atoms with Gasteiger partial charge in [-0.1, -0.05) is 60.2 Å². The fraction of sp³-hybridized carbons (Fsp3) is 0.188. The molecule has 0 fully saturated rings. The van der Waals surface area contributed by atoms with Gasteiger partial charge in [0.05, 0.1) is 28.4 Å². The highest BCUT2D eigenvalue weighted by Crippen LogP contribution is 2.26. The SMILES string of the molecule is CCOc1ccc(S(=O)(=O)N(CC(=O)Nc2ccccc2C(=O)NCCc2ccccc2)c2ccc(C)cc2)cc1. The third kappa shape index (κ3) is 7.73. The summed E-state index contributed by atoms with van der Waals surface area (Å²) in [5.41, 5.74) is 2.96. The Kier molecular flexibility index (Phi) is 9.76. The molecule has 0 atom stereocenters. The Hall–Kier alpha value is -4.63. The number of para-hydroxylation sites is 1. The molecule has 212 valence electrons. The summed E-state index contributed by atoms with van der Waals surface area (Å²) in [5.74, 6) is -0.386. The van der Waals surface area contributed by atoms with Crippen LogP contribution in [0.1, 0.15) is 28.4 Å². The van der Waals surface area contributed by atoms with Crippen LogP contribution in [0.5, 0.6) is 5.75 Å². The Morgan fingerprint density at radius 3 is 2.17 bits per heavy atom. The number of anilines is 2. The zero-order valence-corrected chi connectivity index (χ0v) is 23.9. The molecule has 2 N–H and O–H groups in total. The normalized spacial score (nSPS) is 11.0. The quantitative estimate of drug-likeness (QED) is 0.243. The van der Waals surface area contributed by atoms with E-state index in [9.17, 15) is 18.0 Å². The van der Waals surface area contributed by atoms with Crippen LogP contribution in [-0.4, -0.2) is 39.9 Å². The van der Waals surface area contributed by atoms with Gasteiger partial charge in [-0.25, -0.2) is 8.42 Å². The molecule has 0 spiro atoms. The van der Waals surface area contributed by atoms with E-state index in [0.29, 0.717) is 31.0 Å². The molecule has 0 aliphatic heterocycles. The van der Waals surface area contributed by atoms with E-state index < -0.39 is 22.5 Å². The summed E-state index contributed by atoms with van der Waals surface area (Å²) in [5, 5.41) is 5.62. The van der Waals surface area contributed by atoms with Crippen LogP contribution in [0.3, 0.4) is 0 Å². The number of hydrogen-bond donors (Lipinski definition) is 2. The van der Waals surface area contributed by atoms with E-state index >= 15 is 0 Å². The van der Waals surface area contributed by atoms with Crippen LogP contribution in [0, 0.1) is 6.92 Å². The number of nitrogens with zero attached hydrogens (tertiary/aromatic N) is 1. The number of hydrogen-bond acceptors (Lipinski definition) is 5. The molecular weight excluding hydrogens is 538 g/mol. The Morgan fingerprint density at radius 1 is 0.829 bits per heavy atom. The van der Waals surface area contributed by atoms with Crippen molar-refractivity contribution in [1.29, 1.82) is 0 Å². The number of sulfonamides is 1. The molecule has 0 saturated heterocycles. The van der Waals surface area contributed by atoms with Crippen molar-refractivity contribution in [1.82, 2.24) is 5.32 Å². The number of rotatable bonds is 12. The van der Waals surface area contributed by atoms with Gasteiger partial charge in [-0.2, -0.15) is 0 Å². The average Bonchev–Trinajstić information content (AvgIpc) is 2.98. The van der Waals surface area contributed by atoms with Gasteiger partial charge < -0.3 is 15.4 Å². The van der Waals surface area contributed by atoms with Crippen molar-refractivity contribution >= 4 is 33.2 Å². The zero-order valence-electron chi connectivity index (χ0n) is 23.0. The Balaban J connectivity index is 1.52. The van der Waals surface area contributed by atoms with Gasteiger partial charge in [0, 0.05) is 6.54 Å². The number of carbonyl (C=O) groups excluding carboxylic acids is 2. The molecule has 0 aromatic heterocycles. The van der Waals surface area contributed by atoms with Crippen molar-refractivity contribution in [2.75, 3.05) is 29.3 Å². The summed E-state index contributed by atoms with van der Waals surface area (Å²) in [4.78, 5) is 26.3. The number of nitrogens with one attached hydrogen (secondary N) is 2. The molecule has 8 nitrogen and oxygen atoms in total. The van der Waals surface area contributed by atoms with Crippen LogP contribution in [-0.2, 0) is 21.2 Å². The molecule has 41 heavy (non-hydrogen) atoms. The first-order valence-corrected chi connectivity index (χ1v) is 14.7. The van der Waals surface area contributed by atoms with Gasteiger partial charge in [0.2, 0.25) is 5.91 Å². The summed E-state index contributed by atoms with van der Waals surface area (Å²) >= 11 is 0. The fourth-order valence-electron chi connectivity index (χ4n) is 4.20. The largest absolute Gasteiger partial charge is 0.494 e. The maximum Gasteiger partial charge on any atom is 0.264 e. The smallest absolute Gasteiger partial charge is 0.264 e. The third-order valence-corrected chi connectivity index (χ3v) is 8.11. The summed E-state index contributed by atoms with van der Waals surface area (Å²) in [6.45, 7) is 4.11. The highest BCUT2D eigenvalue weighted by molar-refractivity contribution is 7.92. The van der Waals surface area contributed by atoms with E-state index in [2.05, 4.69) is 10.6 Å². The van der Waals surface area contributed by atoms with Crippen molar-refractivity contribution in [3.05, 3.63) is 120 Å². The molecule has 0 unspecified atom stereocenters. The van der Waals surface area contributed by atoms with Gasteiger partial charge in [0.1, 0.15) is 12.3 Å². The van der Waals surface area contributed by atoms with Crippen LogP contribution in [0.2, 0.25) is 0 Å². The third-order valence-electron chi connectivity index (χ3n) is 6.32. The van der Waals surface area contributed by atoms with E-state index in [4.69, 9.17) is 4.74 Å². The van der Waals surface area contributed by atoms with Crippen molar-refractivity contribution in [3.63, 3.8) is 0 Å². The van der Waals surface area contributed by atoms with E-state index in [1.165, 1.54) is 12.1 Å². The Morgan fingerprint density at radius 2 is 1.49 bits per heavy atom. The van der Waals surface area contributed by atoms with Gasteiger partial charge in [-0.15, -0.1) is 0 Å². The number of carbonyl (C=O) groups is 2. The van der Waals surface area contributed by atoms with Gasteiger partial charge in [-0.05, 0) is 74.4 Å². The predicted octanol–water partition coefficient (Wildman–Crippen LogP) is 5.20. The van der Waals surface area contributed by atoms with Gasteiger partial charge >= 0.3 is 0 Å². The Labute approximate surface area is 241 Å². The summed E-state index contributed by atoms with van der Waals surface area (Å²) in [7, 11) is -4.11. The minimum absolute atomic E-state index is 0.0209. The first-order valence-electron chi connectivity index (χ1n) is 13.3. The number of benzene rings is 4. The van der Waals surface area contributed by atoms with Crippen molar-refractivity contribution in [2.24, 2.45) is 0 Å². The lowest BCUT2D eigenvalue weighted by Gasteiger charge is -2.24. The highest BCUT2D eigenvalue weighted by Gasteiger charge is 2.28. The molecular formula is C32H33N3O5S. The number of ether oxygens (including phenoxy) is 1. The van der Waals surface area contributed by atoms with Crippen LogP contribution in [0.4, 0.5) is 11.4 Å². The molecule has 0 heterocycles. The summed E-state index contributed by atoms with van der Waals surface area (Å²) in [6.07, 6.45) is 0.663. The molecule has 9 heteroatoms. The maximum absolute atomic E-state index is 13.7. The molecule has 4 aromatic carbocycles. The van der Waals surface area contributed by atoms with Crippen LogP contribution >= 0.6 is 0 Å². The average molecular weight is 572 g/mol. The first kappa shape index (κ1) is 29.4. The predicted molar refractivity (Wildman–Crippen MR) is 161 cm³/mol. The topological polar surface area (TPSA) is 105 Å². The first-order chi connectivity index (χ1) is 19.8. The molecule has 0 saturated carbocycles. The lowest BCUT2D eigenvalue weighted by Crippen LogP contribution is -2.38. The molecule has 0 aliphatic rings. The van der Waals surface area contributed by atoms with Gasteiger partial charge in [0.15, 0.2) is 0 Å². The molecule has 0 aliphatic carbocycles. The van der Waals surface area contributed by atoms with Crippen LogP contribution in [0.15, 0.2) is 108 Å². The lowest BCUT2D eigenvalue weighted by atomic mass is 10.1. The maximum atomic E-state index is 13.7. The zero-order chi connectivity index (χ0) is 29.2. The second-order valence-corrected chi connectivity index (χ2v) is 11.2. The van der Waals surface area contributed by atoms with Crippen LogP contribution < -0.4 is 19.7 Å². The second kappa shape index (κ2) is 13.6. The molecule has 2 amide bonds. The van der Waals surface area contributed by atoms with Crippen LogP contribution in [0.25, 0.3) is 0 Å². The van der Waals surface area contributed by atoms with E-state index in [1.807, 2.05) is 44.2 Å². The summed E-state index contributed by atoms with van der Waals surface area (Å²) < 4.78 is 33.9. The highest BCUT2D eigenvalue weighted by atomic mass is 32.2. The van der Waals surface area contributed by atoms with Gasteiger partial charge in [-0.3, -0.25) is 13.9 Å². The second-order valence-electron chi connectivity index (χ2n) is 9.34. The van der Waals surface area contributed by atoms with Crippen molar-refractivity contribution < 1.29 is 22.7 Å². The van der Waals surface area contributed by atoms with Gasteiger partial charge in [0.25, 0.3) is 15.9 Å². The molecule has 4 aromatic rings. The fourth-order valence-corrected chi connectivity index (χ4v) is 5.62. The minimum Gasteiger partial charge on any atom is -0.494 e. The van der Waals surface area contributed by atoms with E-state index in [-0.39, 0.29) is 22.1 Å². The lowest BCUT2D eigenvalue weighted by molar-refractivity contribution is -0.114. The monoisotopic (exact) mass is 571 g/mol. The van der Waals surface area contributed by atoms with E-state index in [1.54, 1.807) is 60.7 Å². The standard InChI is InChI=1S/C32H33N3O5S/c1-3-40-27-17-19-28(20-18-27)41(38,39)35(26-15-13-24(2)14-16-26)23-31(36)34-30-12-8-7-11-29(30)32(37)33-22-21-25-9-5-4-6-10-25/h4-20H,3,21-23H2,1-2H3,(H,33,37)(H,34,36). The molecule has 0 radical (unpaired) electrons. The van der Waals surface area contributed by atoms with Crippen molar-refractivity contribution in [3.8, 4) is 5.75 Å². The molecule has 0 bridgehead atoms. The Bertz CT molecular complexity index is 1570. The number of amides is 2.